The molecule has 1 amide bonds. The number of amides is 1. The van der Waals surface area contributed by atoms with Crippen molar-refractivity contribution in [3.8, 4) is 11.4 Å². The molecule has 2 heterocycles. The molecule has 1 aliphatic heterocycles. The van der Waals surface area contributed by atoms with Crippen molar-refractivity contribution in [2.24, 2.45) is 5.92 Å². The van der Waals surface area contributed by atoms with Gasteiger partial charge in [-0.3, -0.25) is 9.69 Å². The average Bonchev–Trinajstić information content (AvgIpc) is 3.28. The number of piperidine rings is 1. The molecule has 2 aromatic carbocycles. The van der Waals surface area contributed by atoms with Gasteiger partial charge in [0.1, 0.15) is 0 Å². The third-order valence-corrected chi connectivity index (χ3v) is 7.05. The molecule has 0 aliphatic carbocycles. The van der Waals surface area contributed by atoms with Gasteiger partial charge in [-0.05, 0) is 43.6 Å². The normalized spacial score (nSPS) is 15.0. The van der Waals surface area contributed by atoms with Gasteiger partial charge in [-0.15, -0.1) is 0 Å². The van der Waals surface area contributed by atoms with Gasteiger partial charge in [0.15, 0.2) is 0 Å². The zero-order chi connectivity index (χ0) is 22.2. The molecule has 32 heavy (non-hydrogen) atoms. The number of hydrogen-bond acceptors (Lipinski definition) is 6. The van der Waals surface area contributed by atoms with Crippen molar-refractivity contribution in [3.05, 3.63) is 70.5 Å². The van der Waals surface area contributed by atoms with E-state index in [-0.39, 0.29) is 11.8 Å². The van der Waals surface area contributed by atoms with Crippen LogP contribution in [0.4, 0.5) is 0 Å². The number of rotatable bonds is 9. The second-order valence-electron chi connectivity index (χ2n) is 7.90. The van der Waals surface area contributed by atoms with Gasteiger partial charge >= 0.3 is 0 Å². The Kier molecular flexibility index (Phi) is 8.36. The average molecular weight is 515 g/mol. The van der Waals surface area contributed by atoms with Crippen LogP contribution in [-0.2, 0) is 17.1 Å². The van der Waals surface area contributed by atoms with Crippen LogP contribution in [-0.4, -0.2) is 46.3 Å². The fourth-order valence-electron chi connectivity index (χ4n) is 3.76. The lowest BCUT2D eigenvalue weighted by Gasteiger charge is -2.30. The minimum Gasteiger partial charge on any atom is -0.355 e. The molecule has 4 rings (SSSR count). The Labute approximate surface area is 201 Å². The standard InChI is InChI=1S/C24H27BrN4O2S/c25-21-8-4-7-20(15-21)23-27-22(31-28-23)16-29-12-9-19(10-13-29)24(30)26-11-14-32-17-18-5-2-1-3-6-18/h1-8,15,19H,9-14,16-17H2,(H,26,30). The first-order valence-corrected chi connectivity index (χ1v) is 12.8. The Morgan fingerprint density at radius 2 is 1.97 bits per heavy atom. The Balaban J connectivity index is 1.15. The van der Waals surface area contributed by atoms with E-state index in [0.29, 0.717) is 18.3 Å². The summed E-state index contributed by atoms with van der Waals surface area (Å²) < 4.78 is 6.43. The maximum atomic E-state index is 12.5. The van der Waals surface area contributed by atoms with Crippen molar-refractivity contribution < 1.29 is 9.32 Å². The minimum absolute atomic E-state index is 0.0882. The predicted octanol–water partition coefficient (Wildman–Crippen LogP) is 4.76. The number of hydrogen-bond donors (Lipinski definition) is 1. The molecule has 1 aliphatic rings. The zero-order valence-corrected chi connectivity index (χ0v) is 20.3. The zero-order valence-electron chi connectivity index (χ0n) is 17.9. The van der Waals surface area contributed by atoms with E-state index in [0.717, 1.165) is 54.0 Å². The fraction of sp³-hybridized carbons (Fsp3) is 0.375. The monoisotopic (exact) mass is 514 g/mol. The highest BCUT2D eigenvalue weighted by atomic mass is 79.9. The van der Waals surface area contributed by atoms with E-state index in [1.54, 1.807) is 0 Å². The highest BCUT2D eigenvalue weighted by molar-refractivity contribution is 9.10. The van der Waals surface area contributed by atoms with Crippen LogP contribution in [0.3, 0.4) is 0 Å². The smallest absolute Gasteiger partial charge is 0.241 e. The number of carbonyl (C=O) groups excluding carboxylic acids is 1. The summed E-state index contributed by atoms with van der Waals surface area (Å²) in [5.41, 5.74) is 2.24. The van der Waals surface area contributed by atoms with Gasteiger partial charge in [-0.1, -0.05) is 63.6 Å². The summed E-state index contributed by atoms with van der Waals surface area (Å²) in [5.74, 6) is 3.38. The van der Waals surface area contributed by atoms with Crippen LogP contribution in [0.1, 0.15) is 24.3 Å². The number of nitrogens with zero attached hydrogens (tertiary/aromatic N) is 3. The van der Waals surface area contributed by atoms with E-state index in [1.165, 1.54) is 5.56 Å². The summed E-state index contributed by atoms with van der Waals surface area (Å²) in [6, 6.07) is 18.3. The largest absolute Gasteiger partial charge is 0.355 e. The summed E-state index contributed by atoms with van der Waals surface area (Å²) in [6.07, 6.45) is 1.71. The molecule has 0 spiro atoms. The molecule has 0 unspecified atom stereocenters. The number of nitrogens with one attached hydrogen (secondary N) is 1. The van der Waals surface area contributed by atoms with Crippen molar-refractivity contribution >= 4 is 33.6 Å². The second-order valence-corrected chi connectivity index (χ2v) is 9.92. The lowest BCUT2D eigenvalue weighted by atomic mass is 9.96. The van der Waals surface area contributed by atoms with Gasteiger partial charge in [-0.25, -0.2) is 0 Å². The first kappa shape index (κ1) is 23.0. The number of carbonyl (C=O) groups is 1. The first-order valence-electron chi connectivity index (χ1n) is 10.9. The van der Waals surface area contributed by atoms with Crippen molar-refractivity contribution in [1.82, 2.24) is 20.4 Å². The predicted molar refractivity (Wildman–Crippen MR) is 131 cm³/mol. The van der Waals surface area contributed by atoms with Crippen LogP contribution in [0.2, 0.25) is 0 Å². The quantitative estimate of drug-likeness (QED) is 0.415. The van der Waals surface area contributed by atoms with E-state index in [4.69, 9.17) is 4.52 Å². The molecule has 0 radical (unpaired) electrons. The van der Waals surface area contributed by atoms with Crippen molar-refractivity contribution in [2.45, 2.75) is 25.1 Å². The van der Waals surface area contributed by atoms with E-state index >= 15 is 0 Å². The van der Waals surface area contributed by atoms with Crippen LogP contribution in [0.5, 0.6) is 0 Å². The number of aromatic nitrogens is 2. The fourth-order valence-corrected chi connectivity index (χ4v) is 4.98. The first-order chi connectivity index (χ1) is 15.7. The van der Waals surface area contributed by atoms with Gasteiger partial charge in [0, 0.05) is 34.0 Å². The van der Waals surface area contributed by atoms with Crippen LogP contribution in [0, 0.1) is 5.92 Å². The topological polar surface area (TPSA) is 71.3 Å². The van der Waals surface area contributed by atoms with Crippen LogP contribution >= 0.6 is 27.7 Å². The lowest BCUT2D eigenvalue weighted by molar-refractivity contribution is -0.126. The SMILES string of the molecule is O=C(NCCSCc1ccccc1)C1CCN(Cc2nc(-c3cccc(Br)c3)no2)CC1. The second kappa shape index (κ2) is 11.6. The molecule has 3 aromatic rings. The van der Waals surface area contributed by atoms with Crippen LogP contribution in [0.25, 0.3) is 11.4 Å². The molecular formula is C24H27BrN4O2S. The molecule has 1 saturated heterocycles. The molecule has 1 aromatic heterocycles. The van der Waals surface area contributed by atoms with Crippen molar-refractivity contribution in [2.75, 3.05) is 25.4 Å². The Morgan fingerprint density at radius 3 is 2.75 bits per heavy atom. The van der Waals surface area contributed by atoms with Gasteiger partial charge in [-0.2, -0.15) is 16.7 Å². The van der Waals surface area contributed by atoms with Crippen LogP contribution in [0.15, 0.2) is 63.6 Å². The van der Waals surface area contributed by atoms with Gasteiger partial charge in [0.05, 0.1) is 6.54 Å². The molecule has 0 saturated carbocycles. The lowest BCUT2D eigenvalue weighted by Crippen LogP contribution is -2.40. The van der Waals surface area contributed by atoms with Gasteiger partial charge in [0.25, 0.3) is 0 Å². The number of thioether (sulfide) groups is 1. The number of benzene rings is 2. The van der Waals surface area contributed by atoms with Gasteiger partial charge in [0.2, 0.25) is 17.6 Å². The molecule has 1 N–H and O–H groups in total. The maximum absolute atomic E-state index is 12.5. The van der Waals surface area contributed by atoms with Crippen LogP contribution < -0.4 is 5.32 Å². The van der Waals surface area contributed by atoms with E-state index in [1.807, 2.05) is 42.1 Å². The third-order valence-electron chi connectivity index (χ3n) is 5.53. The number of halogens is 1. The molecule has 0 bridgehead atoms. The molecule has 1 fully saturated rings. The third kappa shape index (κ3) is 6.67. The molecule has 0 atom stereocenters. The van der Waals surface area contributed by atoms with Crippen molar-refractivity contribution in [3.63, 3.8) is 0 Å². The van der Waals surface area contributed by atoms with E-state index in [2.05, 4.69) is 60.6 Å². The molecular weight excluding hydrogens is 488 g/mol. The Hall–Kier alpha value is -2.16. The van der Waals surface area contributed by atoms with E-state index in [9.17, 15) is 4.79 Å². The highest BCUT2D eigenvalue weighted by Crippen LogP contribution is 2.22. The summed E-state index contributed by atoms with van der Waals surface area (Å²) in [6.45, 7) is 3.05. The Morgan fingerprint density at radius 1 is 1.16 bits per heavy atom. The molecule has 168 valence electrons. The van der Waals surface area contributed by atoms with Gasteiger partial charge < -0.3 is 9.84 Å². The molecule has 8 heteroatoms. The summed E-state index contributed by atoms with van der Waals surface area (Å²) in [7, 11) is 0. The minimum atomic E-state index is 0.0882. The van der Waals surface area contributed by atoms with E-state index < -0.39 is 0 Å². The molecule has 6 nitrogen and oxygen atoms in total. The summed E-state index contributed by atoms with van der Waals surface area (Å²) >= 11 is 5.32. The summed E-state index contributed by atoms with van der Waals surface area (Å²) in [4.78, 5) is 19.3. The summed E-state index contributed by atoms with van der Waals surface area (Å²) in [5, 5.41) is 7.21. The van der Waals surface area contributed by atoms with Crippen molar-refractivity contribution in [1.29, 1.82) is 0 Å². The Bertz CT molecular complexity index is 1010. The highest BCUT2D eigenvalue weighted by Gasteiger charge is 2.25. The maximum Gasteiger partial charge on any atom is 0.241 e. The number of likely N-dealkylation sites (tertiary alicyclic amines) is 1.